The molecular formula is C19H16IN3O3. The van der Waals surface area contributed by atoms with Crippen LogP contribution in [-0.4, -0.2) is 21.9 Å². The summed E-state index contributed by atoms with van der Waals surface area (Å²) < 4.78 is 11.6. The lowest BCUT2D eigenvalue weighted by atomic mass is 10.1. The zero-order valence-corrected chi connectivity index (χ0v) is 16.4. The Morgan fingerprint density at radius 2 is 2.08 bits per heavy atom. The van der Waals surface area contributed by atoms with E-state index in [0.717, 1.165) is 17.5 Å². The van der Waals surface area contributed by atoms with Gasteiger partial charge in [-0.2, -0.15) is 10.2 Å². The third kappa shape index (κ3) is 3.65. The Hall–Kier alpha value is -2.60. The van der Waals surface area contributed by atoms with Crippen molar-refractivity contribution in [2.45, 2.75) is 20.3 Å². The van der Waals surface area contributed by atoms with Gasteiger partial charge in [-0.25, -0.2) is 0 Å². The van der Waals surface area contributed by atoms with Crippen LogP contribution in [0.1, 0.15) is 24.5 Å². The van der Waals surface area contributed by atoms with E-state index in [2.05, 4.69) is 38.8 Å². The molecule has 0 amide bonds. The number of nitrogens with zero attached hydrogens (tertiary/aromatic N) is 3. The molecule has 0 spiro atoms. The maximum Gasteiger partial charge on any atom is 0.258 e. The third-order valence-electron chi connectivity index (χ3n) is 3.75. The van der Waals surface area contributed by atoms with Crippen molar-refractivity contribution in [3.8, 4) is 40.4 Å². The summed E-state index contributed by atoms with van der Waals surface area (Å²) in [5, 5.41) is 23.2. The van der Waals surface area contributed by atoms with Gasteiger partial charge in [0.05, 0.1) is 15.7 Å². The van der Waals surface area contributed by atoms with Crippen LogP contribution in [0.3, 0.4) is 0 Å². The summed E-state index contributed by atoms with van der Waals surface area (Å²) in [6, 6.07) is 10.9. The monoisotopic (exact) mass is 461 g/mol. The van der Waals surface area contributed by atoms with Crippen LogP contribution >= 0.6 is 22.6 Å². The lowest BCUT2D eigenvalue weighted by Gasteiger charge is -2.06. The largest absolute Gasteiger partial charge is 0.507 e. The predicted molar refractivity (Wildman–Crippen MR) is 105 cm³/mol. The number of hydrogen-bond donors (Lipinski definition) is 1. The van der Waals surface area contributed by atoms with Crippen LogP contribution in [-0.2, 0) is 0 Å². The van der Waals surface area contributed by atoms with Crippen LogP contribution in [0.5, 0.6) is 11.5 Å². The highest BCUT2D eigenvalue weighted by Crippen LogP contribution is 2.31. The van der Waals surface area contributed by atoms with Crippen molar-refractivity contribution in [2.75, 3.05) is 6.61 Å². The van der Waals surface area contributed by atoms with E-state index in [1.807, 2.05) is 13.8 Å². The van der Waals surface area contributed by atoms with Gasteiger partial charge in [0.15, 0.2) is 0 Å². The standard InChI is InChI=1S/C19H16IN3O3/c1-3-6-25-16-5-4-12(8-14(16)10-21)19-22-18(23-26-19)13-7-11(2)17(24)15(20)9-13/h4-5,7-9,24H,3,6H2,1-2H3. The number of aromatic hydroxyl groups is 1. The van der Waals surface area contributed by atoms with Gasteiger partial charge in [0, 0.05) is 11.1 Å². The van der Waals surface area contributed by atoms with E-state index in [4.69, 9.17) is 9.26 Å². The highest BCUT2D eigenvalue weighted by Gasteiger charge is 2.15. The molecule has 2 aromatic carbocycles. The smallest absolute Gasteiger partial charge is 0.258 e. The van der Waals surface area contributed by atoms with Gasteiger partial charge in [0.25, 0.3) is 5.89 Å². The topological polar surface area (TPSA) is 92.2 Å². The molecule has 0 aliphatic heterocycles. The Morgan fingerprint density at radius 1 is 1.27 bits per heavy atom. The number of nitriles is 1. The van der Waals surface area contributed by atoms with Gasteiger partial charge in [0.2, 0.25) is 5.82 Å². The van der Waals surface area contributed by atoms with Gasteiger partial charge in [-0.3, -0.25) is 0 Å². The summed E-state index contributed by atoms with van der Waals surface area (Å²) in [6.07, 6.45) is 0.866. The normalized spacial score (nSPS) is 10.5. The lowest BCUT2D eigenvalue weighted by molar-refractivity contribution is 0.316. The molecule has 0 aliphatic rings. The molecule has 1 N–H and O–H groups in total. The Morgan fingerprint density at radius 3 is 2.77 bits per heavy atom. The van der Waals surface area contributed by atoms with Crippen molar-refractivity contribution in [3.05, 3.63) is 45.0 Å². The second kappa shape index (κ2) is 7.74. The van der Waals surface area contributed by atoms with Gasteiger partial charge in [-0.1, -0.05) is 12.1 Å². The SMILES string of the molecule is CCCOc1ccc(-c2nc(-c3cc(C)c(O)c(I)c3)no2)cc1C#N. The van der Waals surface area contributed by atoms with E-state index in [1.165, 1.54) is 0 Å². The molecule has 0 radical (unpaired) electrons. The number of benzene rings is 2. The van der Waals surface area contributed by atoms with Crippen LogP contribution in [0.4, 0.5) is 0 Å². The minimum absolute atomic E-state index is 0.249. The average Bonchev–Trinajstić information content (AvgIpc) is 3.14. The maximum absolute atomic E-state index is 9.89. The third-order valence-corrected chi connectivity index (χ3v) is 4.57. The number of halogens is 1. The molecule has 6 nitrogen and oxygen atoms in total. The van der Waals surface area contributed by atoms with E-state index in [9.17, 15) is 10.4 Å². The van der Waals surface area contributed by atoms with Crippen LogP contribution < -0.4 is 4.74 Å². The molecule has 26 heavy (non-hydrogen) atoms. The van der Waals surface area contributed by atoms with Crippen LogP contribution in [0, 0.1) is 21.8 Å². The second-order valence-electron chi connectivity index (χ2n) is 5.72. The number of phenols is 1. The van der Waals surface area contributed by atoms with Crippen molar-refractivity contribution < 1.29 is 14.4 Å². The number of phenolic OH excluding ortho intramolecular Hbond substituents is 1. The Balaban J connectivity index is 1.94. The van der Waals surface area contributed by atoms with Crippen LogP contribution in [0.15, 0.2) is 34.9 Å². The number of ether oxygens (including phenoxy) is 1. The van der Waals surface area contributed by atoms with Crippen LogP contribution in [0.2, 0.25) is 0 Å². The van der Waals surface area contributed by atoms with Crippen molar-refractivity contribution in [2.24, 2.45) is 0 Å². The minimum atomic E-state index is 0.249. The van der Waals surface area contributed by atoms with Gasteiger partial charge < -0.3 is 14.4 Å². The highest BCUT2D eigenvalue weighted by molar-refractivity contribution is 14.1. The molecule has 0 saturated heterocycles. The fourth-order valence-corrected chi connectivity index (χ4v) is 3.17. The lowest BCUT2D eigenvalue weighted by Crippen LogP contribution is -1.97. The van der Waals surface area contributed by atoms with E-state index < -0.39 is 0 Å². The van der Waals surface area contributed by atoms with Crippen molar-refractivity contribution in [1.29, 1.82) is 5.26 Å². The Kier molecular flexibility index (Phi) is 5.42. The molecule has 1 heterocycles. The molecule has 0 fully saturated rings. The van der Waals surface area contributed by atoms with E-state index >= 15 is 0 Å². The maximum atomic E-state index is 9.89. The van der Waals surface area contributed by atoms with Gasteiger partial charge >= 0.3 is 0 Å². The molecule has 3 aromatic rings. The molecule has 1 aromatic heterocycles. The van der Waals surface area contributed by atoms with E-state index in [0.29, 0.717) is 38.8 Å². The second-order valence-corrected chi connectivity index (χ2v) is 6.88. The van der Waals surface area contributed by atoms with Crippen molar-refractivity contribution >= 4 is 22.6 Å². The molecular weight excluding hydrogens is 445 g/mol. The number of rotatable bonds is 5. The zero-order valence-electron chi connectivity index (χ0n) is 14.3. The molecule has 7 heteroatoms. The zero-order chi connectivity index (χ0) is 18.7. The molecule has 0 atom stereocenters. The summed E-state index contributed by atoms with van der Waals surface area (Å²) in [7, 11) is 0. The van der Waals surface area contributed by atoms with Gasteiger partial charge in [-0.15, -0.1) is 0 Å². The Bertz CT molecular complexity index is 969. The first kappa shape index (κ1) is 18.2. The van der Waals surface area contributed by atoms with Crippen molar-refractivity contribution in [3.63, 3.8) is 0 Å². The highest BCUT2D eigenvalue weighted by atomic mass is 127. The molecule has 3 rings (SSSR count). The molecule has 0 aliphatic carbocycles. The number of aromatic nitrogens is 2. The summed E-state index contributed by atoms with van der Waals surface area (Å²) in [6.45, 7) is 4.38. The van der Waals surface area contributed by atoms with E-state index in [-0.39, 0.29) is 5.75 Å². The summed E-state index contributed by atoms with van der Waals surface area (Å²) in [5.41, 5.74) is 2.56. The first-order valence-corrected chi connectivity index (χ1v) is 9.12. The molecule has 132 valence electrons. The predicted octanol–water partition coefficient (Wildman–Crippen LogP) is 4.68. The summed E-state index contributed by atoms with van der Waals surface area (Å²) in [4.78, 5) is 4.42. The van der Waals surface area contributed by atoms with Gasteiger partial charge in [-0.05, 0) is 71.8 Å². The number of hydrogen-bond acceptors (Lipinski definition) is 6. The summed E-state index contributed by atoms with van der Waals surface area (Å²) in [5.74, 6) is 1.53. The Labute approximate surface area is 164 Å². The fraction of sp³-hybridized carbons (Fsp3) is 0.211. The molecule has 0 bridgehead atoms. The minimum Gasteiger partial charge on any atom is -0.507 e. The van der Waals surface area contributed by atoms with Crippen molar-refractivity contribution in [1.82, 2.24) is 10.1 Å². The quantitative estimate of drug-likeness (QED) is 0.555. The fourth-order valence-electron chi connectivity index (χ4n) is 2.41. The first-order valence-electron chi connectivity index (χ1n) is 8.04. The first-order chi connectivity index (χ1) is 12.5. The molecule has 0 unspecified atom stereocenters. The average molecular weight is 461 g/mol. The van der Waals surface area contributed by atoms with Crippen LogP contribution in [0.25, 0.3) is 22.8 Å². The molecule has 0 saturated carbocycles. The number of aryl methyl sites for hydroxylation is 1. The van der Waals surface area contributed by atoms with E-state index in [1.54, 1.807) is 30.3 Å². The van der Waals surface area contributed by atoms with Gasteiger partial charge in [0.1, 0.15) is 17.6 Å². The summed E-state index contributed by atoms with van der Waals surface area (Å²) >= 11 is 2.06.